The monoisotopic (exact) mass is 285 g/mol. The molecule has 1 amide bonds. The number of aryl methyl sites for hydroxylation is 1. The number of benzene rings is 2. The Bertz CT molecular complexity index is 657. The minimum absolute atomic E-state index is 0.0513. The van der Waals surface area contributed by atoms with Crippen molar-refractivity contribution in [3.63, 3.8) is 0 Å². The second kappa shape index (κ2) is 5.95. The Balaban J connectivity index is 1.56. The summed E-state index contributed by atoms with van der Waals surface area (Å²) in [5.41, 5.74) is 1.84. The fourth-order valence-corrected chi connectivity index (χ4v) is 2.50. The number of hydrogen-bond acceptors (Lipinski definition) is 2. The van der Waals surface area contributed by atoms with Gasteiger partial charge in [0, 0.05) is 12.0 Å². The van der Waals surface area contributed by atoms with E-state index in [0.29, 0.717) is 19.4 Å². The highest BCUT2D eigenvalue weighted by atomic mass is 19.1. The second-order valence-corrected chi connectivity index (χ2v) is 5.10. The second-order valence-electron chi connectivity index (χ2n) is 5.10. The van der Waals surface area contributed by atoms with Crippen molar-refractivity contribution >= 4 is 5.91 Å². The number of ether oxygens (including phenoxy) is 1. The lowest BCUT2D eigenvalue weighted by atomic mass is 10.1. The van der Waals surface area contributed by atoms with E-state index >= 15 is 0 Å². The number of para-hydroxylation sites is 1. The third-order valence-electron chi connectivity index (χ3n) is 3.56. The normalized spacial score (nSPS) is 16.1. The number of nitrogens with one attached hydrogen (secondary N) is 1. The van der Waals surface area contributed by atoms with Gasteiger partial charge in [-0.15, -0.1) is 0 Å². The average molecular weight is 285 g/mol. The molecule has 21 heavy (non-hydrogen) atoms. The first-order valence-corrected chi connectivity index (χ1v) is 6.98. The third-order valence-corrected chi connectivity index (χ3v) is 3.56. The Hall–Kier alpha value is -2.36. The van der Waals surface area contributed by atoms with E-state index in [9.17, 15) is 9.18 Å². The van der Waals surface area contributed by atoms with E-state index in [4.69, 9.17) is 4.74 Å². The molecule has 0 saturated heterocycles. The van der Waals surface area contributed by atoms with Gasteiger partial charge in [-0.1, -0.05) is 30.3 Å². The summed E-state index contributed by atoms with van der Waals surface area (Å²) < 4.78 is 18.6. The van der Waals surface area contributed by atoms with Gasteiger partial charge < -0.3 is 10.1 Å². The first kappa shape index (κ1) is 13.6. The Morgan fingerprint density at radius 1 is 1.24 bits per heavy atom. The van der Waals surface area contributed by atoms with Gasteiger partial charge in [-0.25, -0.2) is 4.39 Å². The molecule has 0 fully saturated rings. The molecule has 0 spiro atoms. The summed E-state index contributed by atoms with van der Waals surface area (Å²) in [5.74, 6) is 0.503. The van der Waals surface area contributed by atoms with Crippen LogP contribution in [0, 0.1) is 5.82 Å². The Morgan fingerprint density at radius 3 is 2.95 bits per heavy atom. The SMILES string of the molecule is O=C(CCc1cccc(F)c1)NC1COc2ccccc21. The van der Waals surface area contributed by atoms with Crippen LogP contribution in [0.15, 0.2) is 48.5 Å². The van der Waals surface area contributed by atoms with E-state index in [1.165, 1.54) is 12.1 Å². The molecule has 0 bridgehead atoms. The first-order valence-electron chi connectivity index (χ1n) is 6.98. The number of hydrogen-bond donors (Lipinski definition) is 1. The van der Waals surface area contributed by atoms with Crippen LogP contribution in [0.4, 0.5) is 4.39 Å². The van der Waals surface area contributed by atoms with Gasteiger partial charge in [-0.2, -0.15) is 0 Å². The Kier molecular flexibility index (Phi) is 3.86. The topological polar surface area (TPSA) is 38.3 Å². The highest BCUT2D eigenvalue weighted by Gasteiger charge is 2.24. The average Bonchev–Trinajstić information content (AvgIpc) is 2.89. The molecule has 1 unspecified atom stereocenters. The van der Waals surface area contributed by atoms with E-state index in [1.807, 2.05) is 30.3 Å². The van der Waals surface area contributed by atoms with Crippen molar-refractivity contribution in [3.05, 3.63) is 65.5 Å². The Morgan fingerprint density at radius 2 is 2.10 bits per heavy atom. The van der Waals surface area contributed by atoms with E-state index < -0.39 is 0 Å². The number of rotatable bonds is 4. The van der Waals surface area contributed by atoms with Crippen LogP contribution in [0.5, 0.6) is 5.75 Å². The molecule has 2 aromatic rings. The first-order chi connectivity index (χ1) is 10.2. The van der Waals surface area contributed by atoms with E-state index in [2.05, 4.69) is 5.32 Å². The molecule has 1 aliphatic rings. The van der Waals surface area contributed by atoms with Crippen LogP contribution >= 0.6 is 0 Å². The predicted octanol–water partition coefficient (Wildman–Crippen LogP) is 3.01. The van der Waals surface area contributed by atoms with Gasteiger partial charge in [0.2, 0.25) is 5.91 Å². The van der Waals surface area contributed by atoms with Gasteiger partial charge in [0.25, 0.3) is 0 Å². The smallest absolute Gasteiger partial charge is 0.220 e. The van der Waals surface area contributed by atoms with Gasteiger partial charge in [0.1, 0.15) is 18.2 Å². The summed E-state index contributed by atoms with van der Waals surface area (Å²) in [6.45, 7) is 0.463. The predicted molar refractivity (Wildman–Crippen MR) is 77.5 cm³/mol. The lowest BCUT2D eigenvalue weighted by Crippen LogP contribution is -2.29. The fourth-order valence-electron chi connectivity index (χ4n) is 2.50. The van der Waals surface area contributed by atoms with Crippen molar-refractivity contribution in [1.29, 1.82) is 0 Å². The Labute approximate surface area is 122 Å². The van der Waals surface area contributed by atoms with Gasteiger partial charge >= 0.3 is 0 Å². The highest BCUT2D eigenvalue weighted by Crippen LogP contribution is 2.31. The minimum atomic E-state index is -0.272. The van der Waals surface area contributed by atoms with Gasteiger partial charge in [0.15, 0.2) is 0 Å². The maximum Gasteiger partial charge on any atom is 0.220 e. The van der Waals surface area contributed by atoms with Crippen LogP contribution in [0.2, 0.25) is 0 Å². The molecule has 0 radical (unpaired) electrons. The van der Waals surface area contributed by atoms with E-state index in [1.54, 1.807) is 6.07 Å². The van der Waals surface area contributed by atoms with Crippen molar-refractivity contribution < 1.29 is 13.9 Å². The molecular weight excluding hydrogens is 269 g/mol. The van der Waals surface area contributed by atoms with Gasteiger partial charge in [0.05, 0.1) is 6.04 Å². The largest absolute Gasteiger partial charge is 0.491 e. The number of carbonyl (C=O) groups excluding carboxylic acids is 1. The molecule has 0 saturated carbocycles. The van der Waals surface area contributed by atoms with E-state index in [-0.39, 0.29) is 17.8 Å². The van der Waals surface area contributed by atoms with Crippen LogP contribution < -0.4 is 10.1 Å². The number of fused-ring (bicyclic) bond motifs is 1. The number of halogens is 1. The maximum atomic E-state index is 13.1. The standard InChI is InChI=1S/C17H16FNO2/c18-13-5-3-4-12(10-13)8-9-17(20)19-15-11-21-16-7-2-1-6-14(15)16/h1-7,10,15H,8-9,11H2,(H,19,20). The van der Waals surface area contributed by atoms with Crippen LogP contribution in [0.3, 0.4) is 0 Å². The van der Waals surface area contributed by atoms with Crippen LogP contribution in [0.25, 0.3) is 0 Å². The van der Waals surface area contributed by atoms with Crippen LogP contribution in [-0.4, -0.2) is 12.5 Å². The summed E-state index contributed by atoms with van der Waals surface area (Å²) in [6, 6.07) is 13.9. The highest BCUT2D eigenvalue weighted by molar-refractivity contribution is 5.77. The zero-order valence-electron chi connectivity index (χ0n) is 11.5. The fraction of sp³-hybridized carbons (Fsp3) is 0.235. The molecule has 1 atom stereocenters. The third kappa shape index (κ3) is 3.21. The molecule has 1 N–H and O–H groups in total. The van der Waals surface area contributed by atoms with Gasteiger partial charge in [-0.3, -0.25) is 4.79 Å². The van der Waals surface area contributed by atoms with Gasteiger partial charge in [-0.05, 0) is 30.2 Å². The summed E-state index contributed by atoms with van der Waals surface area (Å²) >= 11 is 0. The molecule has 0 aromatic heterocycles. The lowest BCUT2D eigenvalue weighted by molar-refractivity contribution is -0.121. The molecule has 108 valence electrons. The molecule has 0 aliphatic carbocycles. The molecular formula is C17H16FNO2. The summed E-state index contributed by atoms with van der Waals surface area (Å²) in [5, 5.41) is 2.96. The molecule has 1 heterocycles. The van der Waals surface area contributed by atoms with Crippen molar-refractivity contribution in [2.24, 2.45) is 0 Å². The van der Waals surface area contributed by atoms with Crippen molar-refractivity contribution in [2.75, 3.05) is 6.61 Å². The summed E-state index contributed by atoms with van der Waals surface area (Å²) in [4.78, 5) is 12.0. The van der Waals surface area contributed by atoms with E-state index in [0.717, 1.165) is 16.9 Å². The van der Waals surface area contributed by atoms with Crippen LogP contribution in [-0.2, 0) is 11.2 Å². The zero-order chi connectivity index (χ0) is 14.7. The molecule has 1 aliphatic heterocycles. The molecule has 3 rings (SSSR count). The van der Waals surface area contributed by atoms with Crippen molar-refractivity contribution in [3.8, 4) is 5.75 Å². The van der Waals surface area contributed by atoms with Crippen molar-refractivity contribution in [2.45, 2.75) is 18.9 Å². The molecule has 3 nitrogen and oxygen atoms in total. The van der Waals surface area contributed by atoms with Crippen LogP contribution in [0.1, 0.15) is 23.6 Å². The molecule has 4 heteroatoms. The quantitative estimate of drug-likeness (QED) is 0.937. The number of carbonyl (C=O) groups is 1. The molecule has 2 aromatic carbocycles. The summed E-state index contributed by atoms with van der Waals surface area (Å²) in [7, 11) is 0. The summed E-state index contributed by atoms with van der Waals surface area (Å²) in [6.07, 6.45) is 0.862. The maximum absolute atomic E-state index is 13.1. The zero-order valence-corrected chi connectivity index (χ0v) is 11.5. The lowest BCUT2D eigenvalue weighted by Gasteiger charge is -2.11. The van der Waals surface area contributed by atoms with Crippen molar-refractivity contribution in [1.82, 2.24) is 5.32 Å². The minimum Gasteiger partial charge on any atom is -0.491 e. The number of amides is 1.